The second-order valence-corrected chi connectivity index (χ2v) is 9.23. The minimum Gasteiger partial charge on any atom is -0.472 e. The summed E-state index contributed by atoms with van der Waals surface area (Å²) in [5, 5.41) is 9.84. The summed E-state index contributed by atoms with van der Waals surface area (Å²) < 4.78 is 20.2. The van der Waals surface area contributed by atoms with Crippen LogP contribution in [0.2, 0.25) is 0 Å². The van der Waals surface area contributed by atoms with Crippen molar-refractivity contribution in [3.8, 4) is 17.0 Å². The highest BCUT2D eigenvalue weighted by Gasteiger charge is 2.34. The third-order valence-corrected chi connectivity index (χ3v) is 6.33. The van der Waals surface area contributed by atoms with Gasteiger partial charge in [-0.1, -0.05) is 25.1 Å². The monoisotopic (exact) mass is 478 g/mol. The highest BCUT2D eigenvalue weighted by Crippen LogP contribution is 2.30. The summed E-state index contributed by atoms with van der Waals surface area (Å²) >= 11 is 0. The van der Waals surface area contributed by atoms with Crippen LogP contribution in [0.3, 0.4) is 0 Å². The van der Waals surface area contributed by atoms with Gasteiger partial charge in [-0.05, 0) is 49.9 Å². The Morgan fingerprint density at radius 1 is 1.20 bits per heavy atom. The maximum absolute atomic E-state index is 13.8. The first-order valence-electron chi connectivity index (χ1n) is 11.8. The molecule has 4 rings (SSSR count). The standard InChI is InChI=1S/C27H31FN4O3/c1-18-14-32(19(2)17-33)27(34)24-12-21(20-7-6-8-22(28)11-20)13-30-26(24)35-25(18)16-31(3)15-23-9-4-5-10-29-23/h4-13,18-19,25,33H,14-17H2,1-3H3/t18-,19+,25+/m0/s1. The molecule has 1 aliphatic heterocycles. The van der Waals surface area contributed by atoms with E-state index >= 15 is 0 Å². The van der Waals surface area contributed by atoms with Crippen molar-refractivity contribution < 1.29 is 19.0 Å². The Kier molecular flexibility index (Phi) is 7.73. The minimum atomic E-state index is -0.374. The Labute approximate surface area is 205 Å². The Balaban J connectivity index is 1.66. The first kappa shape index (κ1) is 24.8. The number of hydrogen-bond acceptors (Lipinski definition) is 6. The normalized spacial score (nSPS) is 19.0. The van der Waals surface area contributed by atoms with Gasteiger partial charge >= 0.3 is 0 Å². The van der Waals surface area contributed by atoms with E-state index in [1.54, 1.807) is 35.5 Å². The van der Waals surface area contributed by atoms with Crippen LogP contribution in [0.4, 0.5) is 4.39 Å². The highest BCUT2D eigenvalue weighted by molar-refractivity contribution is 5.98. The van der Waals surface area contributed by atoms with Crippen LogP contribution in [0.15, 0.2) is 60.9 Å². The number of pyridine rings is 2. The van der Waals surface area contributed by atoms with Crippen LogP contribution in [0.25, 0.3) is 11.1 Å². The quantitative estimate of drug-likeness (QED) is 0.559. The molecule has 1 amide bonds. The van der Waals surface area contributed by atoms with E-state index < -0.39 is 0 Å². The van der Waals surface area contributed by atoms with Crippen molar-refractivity contribution >= 4 is 5.91 Å². The summed E-state index contributed by atoms with van der Waals surface area (Å²) in [6.07, 6.45) is 3.12. The van der Waals surface area contributed by atoms with Crippen LogP contribution in [0, 0.1) is 11.7 Å². The lowest BCUT2D eigenvalue weighted by atomic mass is 9.99. The number of aliphatic hydroxyl groups is 1. The fraction of sp³-hybridized carbons (Fsp3) is 0.370. The molecule has 0 fully saturated rings. The summed E-state index contributed by atoms with van der Waals surface area (Å²) in [5.74, 6) is -0.401. The lowest BCUT2D eigenvalue weighted by Crippen LogP contribution is -2.49. The molecule has 0 spiro atoms. The molecule has 0 saturated carbocycles. The molecule has 184 valence electrons. The van der Waals surface area contributed by atoms with Gasteiger partial charge < -0.3 is 14.7 Å². The number of hydrogen-bond donors (Lipinski definition) is 1. The zero-order chi connectivity index (χ0) is 24.9. The third kappa shape index (κ3) is 5.83. The molecule has 0 aliphatic carbocycles. The van der Waals surface area contributed by atoms with E-state index in [0.717, 1.165) is 5.69 Å². The Morgan fingerprint density at radius 3 is 2.74 bits per heavy atom. The zero-order valence-electron chi connectivity index (χ0n) is 20.3. The van der Waals surface area contributed by atoms with Gasteiger partial charge in [-0.25, -0.2) is 9.37 Å². The molecule has 1 aromatic carbocycles. The smallest absolute Gasteiger partial charge is 0.259 e. The maximum Gasteiger partial charge on any atom is 0.259 e. The molecule has 0 bridgehead atoms. The fourth-order valence-electron chi connectivity index (χ4n) is 4.29. The SMILES string of the molecule is C[C@H](CO)N1C[C@H](C)[C@@H](CN(C)Cc2ccccn2)Oc2ncc(-c3cccc(F)c3)cc2C1=O. The molecule has 8 heteroatoms. The van der Waals surface area contributed by atoms with E-state index in [1.807, 2.05) is 39.1 Å². The van der Waals surface area contributed by atoms with Gasteiger partial charge in [0.15, 0.2) is 0 Å². The second kappa shape index (κ2) is 10.9. The molecular weight excluding hydrogens is 447 g/mol. The molecule has 0 radical (unpaired) electrons. The summed E-state index contributed by atoms with van der Waals surface area (Å²) in [6.45, 7) is 5.37. The van der Waals surface area contributed by atoms with Gasteiger partial charge in [0.05, 0.1) is 18.3 Å². The first-order valence-corrected chi connectivity index (χ1v) is 11.8. The molecule has 3 heterocycles. The Bertz CT molecular complexity index is 1160. The minimum absolute atomic E-state index is 0.0167. The lowest BCUT2D eigenvalue weighted by Gasteiger charge is -2.37. The number of halogens is 1. The second-order valence-electron chi connectivity index (χ2n) is 9.23. The number of carbonyl (C=O) groups is 1. The van der Waals surface area contributed by atoms with E-state index in [0.29, 0.717) is 36.3 Å². The summed E-state index contributed by atoms with van der Waals surface area (Å²) in [6, 6.07) is 13.3. The Morgan fingerprint density at radius 2 is 2.03 bits per heavy atom. The number of ether oxygens (including phenoxy) is 1. The number of carbonyl (C=O) groups excluding carboxylic acids is 1. The van der Waals surface area contributed by atoms with Crippen LogP contribution in [-0.4, -0.2) is 69.7 Å². The van der Waals surface area contributed by atoms with Crippen molar-refractivity contribution in [3.63, 3.8) is 0 Å². The van der Waals surface area contributed by atoms with Gasteiger partial charge in [-0.2, -0.15) is 0 Å². The van der Waals surface area contributed by atoms with Gasteiger partial charge in [-0.15, -0.1) is 0 Å². The van der Waals surface area contributed by atoms with Crippen LogP contribution in [0.5, 0.6) is 5.88 Å². The van der Waals surface area contributed by atoms with Gasteiger partial charge in [0.2, 0.25) is 5.88 Å². The predicted octanol–water partition coefficient (Wildman–Crippen LogP) is 3.63. The predicted molar refractivity (Wildman–Crippen MR) is 131 cm³/mol. The third-order valence-electron chi connectivity index (χ3n) is 6.33. The number of fused-ring (bicyclic) bond motifs is 1. The van der Waals surface area contributed by atoms with E-state index in [9.17, 15) is 14.3 Å². The van der Waals surface area contributed by atoms with Crippen LogP contribution < -0.4 is 4.74 Å². The highest BCUT2D eigenvalue weighted by atomic mass is 19.1. The average molecular weight is 479 g/mol. The van der Waals surface area contributed by atoms with Crippen molar-refractivity contribution in [3.05, 3.63) is 78.0 Å². The number of nitrogens with zero attached hydrogens (tertiary/aromatic N) is 4. The molecule has 2 aromatic heterocycles. The molecule has 3 atom stereocenters. The molecule has 3 aromatic rings. The van der Waals surface area contributed by atoms with E-state index in [2.05, 4.69) is 14.9 Å². The summed E-state index contributed by atoms with van der Waals surface area (Å²) in [4.78, 5) is 26.3. The number of benzene rings is 1. The van der Waals surface area contributed by atoms with Crippen LogP contribution in [0.1, 0.15) is 29.9 Å². The topological polar surface area (TPSA) is 78.8 Å². The zero-order valence-corrected chi connectivity index (χ0v) is 20.3. The number of rotatable bonds is 7. The molecular formula is C27H31FN4O3. The molecule has 35 heavy (non-hydrogen) atoms. The maximum atomic E-state index is 13.8. The van der Waals surface area contributed by atoms with E-state index in [4.69, 9.17) is 4.74 Å². The first-order chi connectivity index (χ1) is 16.9. The van der Waals surface area contributed by atoms with Crippen molar-refractivity contribution in [2.45, 2.75) is 32.5 Å². The van der Waals surface area contributed by atoms with Gasteiger partial charge in [0.1, 0.15) is 17.5 Å². The summed E-state index contributed by atoms with van der Waals surface area (Å²) in [5.41, 5.74) is 2.50. The molecule has 1 N–H and O–H groups in total. The molecule has 0 saturated heterocycles. The van der Waals surface area contributed by atoms with Crippen molar-refractivity contribution in [1.82, 2.24) is 19.8 Å². The number of aromatic nitrogens is 2. The number of likely N-dealkylation sites (N-methyl/N-ethyl adjacent to an activating group) is 1. The summed E-state index contributed by atoms with van der Waals surface area (Å²) in [7, 11) is 2.00. The van der Waals surface area contributed by atoms with Gasteiger partial charge in [-0.3, -0.25) is 14.7 Å². The van der Waals surface area contributed by atoms with Crippen LogP contribution >= 0.6 is 0 Å². The molecule has 0 unspecified atom stereocenters. The largest absolute Gasteiger partial charge is 0.472 e. The number of amides is 1. The van der Waals surface area contributed by atoms with E-state index in [-0.39, 0.29) is 42.3 Å². The van der Waals surface area contributed by atoms with Gasteiger partial charge in [0, 0.05) is 43.5 Å². The molecule has 1 aliphatic rings. The van der Waals surface area contributed by atoms with Crippen molar-refractivity contribution in [2.75, 3.05) is 26.7 Å². The lowest BCUT2D eigenvalue weighted by molar-refractivity contribution is 0.0324. The van der Waals surface area contributed by atoms with E-state index in [1.165, 1.54) is 12.1 Å². The average Bonchev–Trinajstić information content (AvgIpc) is 2.86. The van der Waals surface area contributed by atoms with Crippen molar-refractivity contribution in [1.29, 1.82) is 0 Å². The fourth-order valence-corrected chi connectivity index (χ4v) is 4.29. The van der Waals surface area contributed by atoms with Crippen LogP contribution in [-0.2, 0) is 6.54 Å². The number of aliphatic hydroxyl groups excluding tert-OH is 1. The van der Waals surface area contributed by atoms with Gasteiger partial charge in [0.25, 0.3) is 5.91 Å². The Hall–Kier alpha value is -3.36. The van der Waals surface area contributed by atoms with Crippen molar-refractivity contribution in [2.24, 2.45) is 5.92 Å². The molecule has 7 nitrogen and oxygen atoms in total.